The van der Waals surface area contributed by atoms with E-state index < -0.39 is 0 Å². The van der Waals surface area contributed by atoms with Gasteiger partial charge in [0.2, 0.25) is 0 Å². The Morgan fingerprint density at radius 1 is 1.22 bits per heavy atom. The van der Waals surface area contributed by atoms with Crippen LogP contribution in [-0.4, -0.2) is 21.5 Å². The van der Waals surface area contributed by atoms with Gasteiger partial charge in [-0.3, -0.25) is 0 Å². The predicted molar refractivity (Wildman–Crippen MR) is 75.1 cm³/mol. The van der Waals surface area contributed by atoms with Crippen LogP contribution in [0.2, 0.25) is 0 Å². The Hall–Kier alpha value is -1.49. The molecule has 0 radical (unpaired) electrons. The van der Waals surface area contributed by atoms with Gasteiger partial charge in [0.05, 0.1) is 10.7 Å². The molecular formula is C13H18N4S. The molecule has 2 rings (SSSR count). The van der Waals surface area contributed by atoms with Gasteiger partial charge in [0, 0.05) is 30.1 Å². The van der Waals surface area contributed by atoms with Crippen molar-refractivity contribution in [3.8, 4) is 0 Å². The van der Waals surface area contributed by atoms with Crippen LogP contribution in [0.25, 0.3) is 0 Å². The van der Waals surface area contributed by atoms with Crippen LogP contribution in [0.1, 0.15) is 36.5 Å². The number of anilines is 1. The number of thiazole rings is 1. The summed E-state index contributed by atoms with van der Waals surface area (Å²) in [5, 5.41) is 6.47. The lowest BCUT2D eigenvalue weighted by Crippen LogP contribution is -2.09. The van der Waals surface area contributed by atoms with E-state index in [0.29, 0.717) is 0 Å². The van der Waals surface area contributed by atoms with Crippen molar-refractivity contribution in [2.75, 3.05) is 11.9 Å². The molecule has 96 valence electrons. The third-order valence-corrected chi connectivity index (χ3v) is 3.51. The number of hydrogen-bond donors (Lipinski definition) is 1. The Labute approximate surface area is 112 Å². The van der Waals surface area contributed by atoms with Crippen molar-refractivity contribution in [2.24, 2.45) is 0 Å². The lowest BCUT2D eigenvalue weighted by Gasteiger charge is -2.12. The highest BCUT2D eigenvalue weighted by Crippen LogP contribution is 2.19. The first-order chi connectivity index (χ1) is 8.85. The SMILES string of the molecule is CCCNc1ncnc(Cc2nccs2)c1CC. The third-order valence-electron chi connectivity index (χ3n) is 2.73. The zero-order valence-electron chi connectivity index (χ0n) is 10.8. The lowest BCUT2D eigenvalue weighted by molar-refractivity contribution is 0.914. The van der Waals surface area contributed by atoms with E-state index in [1.807, 2.05) is 11.6 Å². The molecule has 5 heteroatoms. The third kappa shape index (κ3) is 3.04. The summed E-state index contributed by atoms with van der Waals surface area (Å²) in [5.41, 5.74) is 2.29. The average molecular weight is 262 g/mol. The van der Waals surface area contributed by atoms with Crippen LogP contribution < -0.4 is 5.32 Å². The molecule has 0 bridgehead atoms. The second-order valence-electron chi connectivity index (χ2n) is 4.03. The molecule has 18 heavy (non-hydrogen) atoms. The van der Waals surface area contributed by atoms with E-state index in [4.69, 9.17) is 0 Å². The van der Waals surface area contributed by atoms with Crippen LogP contribution in [0.5, 0.6) is 0 Å². The molecule has 0 atom stereocenters. The molecule has 2 aromatic heterocycles. The fourth-order valence-corrected chi connectivity index (χ4v) is 2.47. The quantitative estimate of drug-likeness (QED) is 0.869. The highest BCUT2D eigenvalue weighted by Gasteiger charge is 2.10. The average Bonchev–Trinajstić information content (AvgIpc) is 2.89. The molecule has 1 N–H and O–H groups in total. The molecule has 0 aliphatic rings. The molecule has 0 spiro atoms. The van der Waals surface area contributed by atoms with Gasteiger partial charge in [-0.25, -0.2) is 15.0 Å². The van der Waals surface area contributed by atoms with Crippen molar-refractivity contribution < 1.29 is 0 Å². The van der Waals surface area contributed by atoms with E-state index in [9.17, 15) is 0 Å². The summed E-state index contributed by atoms with van der Waals surface area (Å²) in [4.78, 5) is 13.1. The molecule has 0 unspecified atom stereocenters. The summed E-state index contributed by atoms with van der Waals surface area (Å²) in [6.07, 6.45) is 6.30. The number of nitrogens with one attached hydrogen (secondary N) is 1. The van der Waals surface area contributed by atoms with Gasteiger partial charge in [0.25, 0.3) is 0 Å². The number of nitrogens with zero attached hydrogens (tertiary/aromatic N) is 3. The van der Waals surface area contributed by atoms with Gasteiger partial charge in [-0.05, 0) is 12.8 Å². The van der Waals surface area contributed by atoms with Crippen molar-refractivity contribution in [1.29, 1.82) is 0 Å². The fourth-order valence-electron chi connectivity index (χ4n) is 1.85. The fraction of sp³-hybridized carbons (Fsp3) is 0.462. The Morgan fingerprint density at radius 3 is 2.78 bits per heavy atom. The molecule has 2 aromatic rings. The van der Waals surface area contributed by atoms with Gasteiger partial charge in [0.1, 0.15) is 12.1 Å². The van der Waals surface area contributed by atoms with E-state index in [2.05, 4.69) is 34.1 Å². The molecular weight excluding hydrogens is 244 g/mol. The van der Waals surface area contributed by atoms with Gasteiger partial charge >= 0.3 is 0 Å². The first-order valence-corrected chi connectivity index (χ1v) is 7.18. The van der Waals surface area contributed by atoms with Gasteiger partial charge in [-0.1, -0.05) is 13.8 Å². The highest BCUT2D eigenvalue weighted by molar-refractivity contribution is 7.09. The summed E-state index contributed by atoms with van der Waals surface area (Å²) in [5.74, 6) is 0.973. The van der Waals surface area contributed by atoms with Crippen LogP contribution >= 0.6 is 11.3 Å². The normalized spacial score (nSPS) is 10.6. The largest absolute Gasteiger partial charge is 0.370 e. The zero-order chi connectivity index (χ0) is 12.8. The zero-order valence-corrected chi connectivity index (χ0v) is 11.6. The Balaban J connectivity index is 2.23. The maximum atomic E-state index is 4.41. The molecule has 0 aliphatic carbocycles. The summed E-state index contributed by atoms with van der Waals surface area (Å²) in [7, 11) is 0. The predicted octanol–water partition coefficient (Wildman–Crippen LogP) is 2.91. The van der Waals surface area contributed by atoms with E-state index in [0.717, 1.165) is 42.3 Å². The van der Waals surface area contributed by atoms with E-state index in [1.54, 1.807) is 17.7 Å². The minimum atomic E-state index is 0.796. The molecule has 2 heterocycles. The Morgan fingerprint density at radius 2 is 2.11 bits per heavy atom. The smallest absolute Gasteiger partial charge is 0.132 e. The lowest BCUT2D eigenvalue weighted by atomic mass is 10.1. The van der Waals surface area contributed by atoms with Crippen LogP contribution in [0, 0.1) is 0 Å². The van der Waals surface area contributed by atoms with Gasteiger partial charge < -0.3 is 5.32 Å². The van der Waals surface area contributed by atoms with Gasteiger partial charge in [0.15, 0.2) is 0 Å². The maximum Gasteiger partial charge on any atom is 0.132 e. The summed E-state index contributed by atoms with van der Waals surface area (Å²) < 4.78 is 0. The second kappa shape index (κ2) is 6.44. The topological polar surface area (TPSA) is 50.7 Å². The van der Waals surface area contributed by atoms with E-state index in [-0.39, 0.29) is 0 Å². The molecule has 0 aliphatic heterocycles. The van der Waals surface area contributed by atoms with Crippen LogP contribution in [0.3, 0.4) is 0 Å². The Kier molecular flexibility index (Phi) is 4.64. The molecule has 0 amide bonds. The Bertz CT molecular complexity index is 482. The summed E-state index contributed by atoms with van der Waals surface area (Å²) in [6.45, 7) is 5.23. The van der Waals surface area contributed by atoms with Crippen molar-refractivity contribution in [3.63, 3.8) is 0 Å². The first kappa shape index (κ1) is 13.0. The van der Waals surface area contributed by atoms with Crippen LogP contribution in [0.4, 0.5) is 5.82 Å². The van der Waals surface area contributed by atoms with Crippen molar-refractivity contribution >= 4 is 17.2 Å². The van der Waals surface area contributed by atoms with Crippen molar-refractivity contribution in [1.82, 2.24) is 15.0 Å². The maximum absolute atomic E-state index is 4.41. The monoisotopic (exact) mass is 262 g/mol. The van der Waals surface area contributed by atoms with E-state index >= 15 is 0 Å². The molecule has 0 fully saturated rings. The van der Waals surface area contributed by atoms with Crippen LogP contribution in [0.15, 0.2) is 17.9 Å². The van der Waals surface area contributed by atoms with Gasteiger partial charge in [-0.15, -0.1) is 11.3 Å². The summed E-state index contributed by atoms with van der Waals surface area (Å²) in [6, 6.07) is 0. The number of hydrogen-bond acceptors (Lipinski definition) is 5. The van der Waals surface area contributed by atoms with Gasteiger partial charge in [-0.2, -0.15) is 0 Å². The molecule has 0 aromatic carbocycles. The number of rotatable bonds is 6. The summed E-state index contributed by atoms with van der Waals surface area (Å²) >= 11 is 1.67. The van der Waals surface area contributed by atoms with E-state index in [1.165, 1.54) is 5.56 Å². The molecule has 0 saturated carbocycles. The minimum Gasteiger partial charge on any atom is -0.370 e. The highest BCUT2D eigenvalue weighted by atomic mass is 32.1. The van der Waals surface area contributed by atoms with Crippen LogP contribution in [-0.2, 0) is 12.8 Å². The van der Waals surface area contributed by atoms with Crippen molar-refractivity contribution in [2.45, 2.75) is 33.1 Å². The second-order valence-corrected chi connectivity index (χ2v) is 5.01. The standard InChI is InChI=1S/C13H18N4S/c1-3-5-15-13-10(4-2)11(16-9-17-13)8-12-14-6-7-18-12/h6-7,9H,3-5,8H2,1-2H3,(H,15,16,17). The first-order valence-electron chi connectivity index (χ1n) is 6.30. The molecule has 0 saturated heterocycles. The minimum absolute atomic E-state index is 0.796. The number of aromatic nitrogens is 3. The van der Waals surface area contributed by atoms with Crippen molar-refractivity contribution in [3.05, 3.63) is 34.2 Å². The molecule has 4 nitrogen and oxygen atoms in total.